The second kappa shape index (κ2) is 8.70. The predicted octanol–water partition coefficient (Wildman–Crippen LogP) is 3.66. The van der Waals surface area contributed by atoms with Crippen LogP contribution in [0.25, 0.3) is 0 Å². The summed E-state index contributed by atoms with van der Waals surface area (Å²) in [7, 11) is 0. The molecule has 5 nitrogen and oxygen atoms in total. The van der Waals surface area contributed by atoms with Crippen LogP contribution in [0.15, 0.2) is 48.5 Å². The summed E-state index contributed by atoms with van der Waals surface area (Å²) in [5.41, 5.74) is 1.26. The first kappa shape index (κ1) is 19.5. The number of carbonyl (C=O) groups is 1. The van der Waals surface area contributed by atoms with Gasteiger partial charge in [-0.15, -0.1) is 0 Å². The van der Waals surface area contributed by atoms with Crippen molar-refractivity contribution in [2.45, 2.75) is 12.1 Å². The molecule has 2 heterocycles. The zero-order chi connectivity index (χ0) is 19.5. The number of fused-ring (bicyclic) bond motifs is 1. The zero-order valence-electron chi connectivity index (χ0n) is 15.4. The van der Waals surface area contributed by atoms with Crippen LogP contribution in [0, 0.1) is 0 Å². The predicted molar refractivity (Wildman–Crippen MR) is 109 cm³/mol. The standard InChI is InChI=1S/C21H22Cl2N2O3/c22-16-6-7-20(18(23)10-16)28-14-21(26)24-8-9-25-17(11-24)12-27-13-19(25)15-4-2-1-3-5-15/h1-7,10,17,19H,8-9,11-14H2/t17-,19-/m1/s1. The number of halogens is 2. The van der Waals surface area contributed by atoms with Gasteiger partial charge < -0.3 is 14.4 Å². The van der Waals surface area contributed by atoms with E-state index in [0.29, 0.717) is 42.1 Å². The maximum atomic E-state index is 12.6. The van der Waals surface area contributed by atoms with Gasteiger partial charge in [0, 0.05) is 24.7 Å². The van der Waals surface area contributed by atoms with Crippen molar-refractivity contribution in [2.75, 3.05) is 39.5 Å². The van der Waals surface area contributed by atoms with E-state index in [1.165, 1.54) is 5.56 Å². The fourth-order valence-electron chi connectivity index (χ4n) is 3.85. The second-order valence-corrected chi connectivity index (χ2v) is 7.90. The minimum atomic E-state index is -0.0486. The molecule has 28 heavy (non-hydrogen) atoms. The average molecular weight is 421 g/mol. The van der Waals surface area contributed by atoms with Gasteiger partial charge in [-0.05, 0) is 23.8 Å². The third-order valence-corrected chi connectivity index (χ3v) is 5.83. The Kier molecular flexibility index (Phi) is 6.07. The van der Waals surface area contributed by atoms with Gasteiger partial charge in [0.05, 0.1) is 30.3 Å². The molecule has 7 heteroatoms. The maximum Gasteiger partial charge on any atom is 0.260 e. The largest absolute Gasteiger partial charge is 0.482 e. The Morgan fingerprint density at radius 2 is 1.93 bits per heavy atom. The highest BCUT2D eigenvalue weighted by Crippen LogP contribution is 2.30. The number of hydrogen-bond acceptors (Lipinski definition) is 4. The molecule has 0 aromatic heterocycles. The quantitative estimate of drug-likeness (QED) is 0.756. The van der Waals surface area contributed by atoms with Crippen LogP contribution in [0.1, 0.15) is 11.6 Å². The molecule has 0 radical (unpaired) electrons. The summed E-state index contributed by atoms with van der Waals surface area (Å²) < 4.78 is 11.5. The molecular weight excluding hydrogens is 399 g/mol. The van der Waals surface area contributed by atoms with E-state index in [2.05, 4.69) is 29.2 Å². The van der Waals surface area contributed by atoms with Crippen LogP contribution in [0.3, 0.4) is 0 Å². The molecular formula is C21H22Cl2N2O3. The summed E-state index contributed by atoms with van der Waals surface area (Å²) in [6, 6.07) is 15.8. The molecule has 148 valence electrons. The van der Waals surface area contributed by atoms with Gasteiger partial charge >= 0.3 is 0 Å². The highest BCUT2D eigenvalue weighted by molar-refractivity contribution is 6.35. The smallest absolute Gasteiger partial charge is 0.260 e. The number of rotatable bonds is 4. The lowest BCUT2D eigenvalue weighted by Crippen LogP contribution is -2.60. The molecule has 2 aromatic carbocycles. The van der Waals surface area contributed by atoms with Crippen LogP contribution in [0.5, 0.6) is 5.75 Å². The normalized spacial score (nSPS) is 22.6. The van der Waals surface area contributed by atoms with E-state index in [1.54, 1.807) is 18.2 Å². The lowest BCUT2D eigenvalue weighted by molar-refractivity contribution is -0.142. The molecule has 0 bridgehead atoms. The van der Waals surface area contributed by atoms with E-state index >= 15 is 0 Å². The first-order chi connectivity index (χ1) is 13.6. The highest BCUT2D eigenvalue weighted by atomic mass is 35.5. The molecule has 2 aliphatic rings. The van der Waals surface area contributed by atoms with Crippen molar-refractivity contribution in [1.29, 1.82) is 0 Å². The van der Waals surface area contributed by atoms with E-state index in [9.17, 15) is 4.79 Å². The summed E-state index contributed by atoms with van der Waals surface area (Å²) in [4.78, 5) is 17.0. The zero-order valence-corrected chi connectivity index (χ0v) is 16.9. The van der Waals surface area contributed by atoms with Gasteiger partial charge in [0.2, 0.25) is 0 Å². The van der Waals surface area contributed by atoms with Crippen molar-refractivity contribution in [3.63, 3.8) is 0 Å². The number of benzene rings is 2. The number of carbonyl (C=O) groups excluding carboxylic acids is 1. The Hall–Kier alpha value is -1.79. The van der Waals surface area contributed by atoms with Gasteiger partial charge in [-0.25, -0.2) is 0 Å². The summed E-state index contributed by atoms with van der Waals surface area (Å²) in [6.07, 6.45) is 0. The first-order valence-corrected chi connectivity index (χ1v) is 10.1. The maximum absolute atomic E-state index is 12.6. The highest BCUT2D eigenvalue weighted by Gasteiger charge is 2.37. The topological polar surface area (TPSA) is 42.0 Å². The van der Waals surface area contributed by atoms with Gasteiger partial charge in [0.1, 0.15) is 5.75 Å². The van der Waals surface area contributed by atoms with E-state index in [-0.39, 0.29) is 24.6 Å². The summed E-state index contributed by atoms with van der Waals surface area (Å²) in [5.74, 6) is 0.413. The first-order valence-electron chi connectivity index (χ1n) is 9.36. The molecule has 2 saturated heterocycles. The number of ether oxygens (including phenoxy) is 2. The number of amides is 1. The van der Waals surface area contributed by atoms with Gasteiger partial charge in [0.15, 0.2) is 6.61 Å². The minimum absolute atomic E-state index is 0.0446. The molecule has 2 atom stereocenters. The fraction of sp³-hybridized carbons (Fsp3) is 0.381. The van der Waals surface area contributed by atoms with Crippen LogP contribution in [-0.4, -0.2) is 61.2 Å². The Labute approximate surface area is 174 Å². The summed E-state index contributed by atoms with van der Waals surface area (Å²) in [5, 5.41) is 0.932. The Balaban J connectivity index is 1.36. The van der Waals surface area contributed by atoms with E-state index in [0.717, 1.165) is 6.54 Å². The third-order valence-electron chi connectivity index (χ3n) is 5.30. The number of hydrogen-bond donors (Lipinski definition) is 0. The monoisotopic (exact) mass is 420 g/mol. The Morgan fingerprint density at radius 1 is 1.11 bits per heavy atom. The van der Waals surface area contributed by atoms with Crippen LogP contribution in [0.2, 0.25) is 10.0 Å². The van der Waals surface area contributed by atoms with E-state index in [1.807, 2.05) is 11.0 Å². The van der Waals surface area contributed by atoms with E-state index < -0.39 is 0 Å². The summed E-state index contributed by atoms with van der Waals surface area (Å²) in [6.45, 7) is 3.41. The molecule has 2 aromatic rings. The Morgan fingerprint density at radius 3 is 2.71 bits per heavy atom. The number of morpholine rings is 1. The van der Waals surface area contributed by atoms with Crippen molar-refractivity contribution >= 4 is 29.1 Å². The molecule has 0 aliphatic carbocycles. The van der Waals surface area contributed by atoms with Gasteiger partial charge in [0.25, 0.3) is 5.91 Å². The molecule has 0 saturated carbocycles. The SMILES string of the molecule is O=C(COc1ccc(Cl)cc1Cl)N1CCN2[C@@H](COC[C@@H]2c2ccccc2)C1. The summed E-state index contributed by atoms with van der Waals surface area (Å²) >= 11 is 12.0. The molecule has 1 amide bonds. The van der Waals surface area contributed by atoms with Crippen LogP contribution in [-0.2, 0) is 9.53 Å². The average Bonchev–Trinajstić information content (AvgIpc) is 2.72. The molecule has 0 unspecified atom stereocenters. The fourth-order valence-corrected chi connectivity index (χ4v) is 4.32. The van der Waals surface area contributed by atoms with Gasteiger partial charge in [-0.3, -0.25) is 9.69 Å². The van der Waals surface area contributed by atoms with E-state index in [4.69, 9.17) is 32.7 Å². The molecule has 2 aliphatic heterocycles. The molecule has 4 rings (SSSR count). The molecule has 0 N–H and O–H groups in total. The minimum Gasteiger partial charge on any atom is -0.482 e. The third kappa shape index (κ3) is 4.28. The second-order valence-electron chi connectivity index (χ2n) is 7.06. The molecule has 2 fully saturated rings. The number of piperazine rings is 1. The van der Waals surface area contributed by atoms with Crippen molar-refractivity contribution in [3.05, 3.63) is 64.1 Å². The molecule has 0 spiro atoms. The van der Waals surface area contributed by atoms with Crippen molar-refractivity contribution in [1.82, 2.24) is 9.80 Å². The Bertz CT molecular complexity index is 834. The van der Waals surface area contributed by atoms with Crippen LogP contribution >= 0.6 is 23.2 Å². The lowest BCUT2D eigenvalue weighted by Gasteiger charge is -2.48. The lowest BCUT2D eigenvalue weighted by atomic mass is 10.00. The van der Waals surface area contributed by atoms with Gasteiger partial charge in [-0.1, -0.05) is 53.5 Å². The van der Waals surface area contributed by atoms with Crippen molar-refractivity contribution in [3.8, 4) is 5.75 Å². The van der Waals surface area contributed by atoms with Gasteiger partial charge in [-0.2, -0.15) is 0 Å². The van der Waals surface area contributed by atoms with Crippen molar-refractivity contribution < 1.29 is 14.3 Å². The number of nitrogens with zero attached hydrogens (tertiary/aromatic N) is 2. The van der Waals surface area contributed by atoms with Crippen LogP contribution in [0.4, 0.5) is 0 Å². The van der Waals surface area contributed by atoms with Crippen LogP contribution < -0.4 is 4.74 Å². The van der Waals surface area contributed by atoms with Crippen molar-refractivity contribution in [2.24, 2.45) is 0 Å².